The van der Waals surface area contributed by atoms with E-state index in [1.807, 2.05) is 0 Å². The second-order valence-electron chi connectivity index (χ2n) is 8.21. The molecule has 3 nitrogen and oxygen atoms in total. The number of phenolic OH excluding ortho intramolecular Hbond substituents is 1. The highest BCUT2D eigenvalue weighted by molar-refractivity contribution is 6.98. The highest BCUT2D eigenvalue weighted by Crippen LogP contribution is 2.43. The molecule has 6 heteroatoms. The van der Waals surface area contributed by atoms with Crippen LogP contribution in [0.25, 0.3) is 5.57 Å². The van der Waals surface area contributed by atoms with Crippen molar-refractivity contribution >= 4 is 30.4 Å². The summed E-state index contributed by atoms with van der Waals surface area (Å²) in [6, 6.07) is 5.81. The molecule has 0 bridgehead atoms. The first kappa shape index (κ1) is 20.2. The van der Waals surface area contributed by atoms with Gasteiger partial charge in [0.15, 0.2) is 11.6 Å². The predicted molar refractivity (Wildman–Crippen MR) is 115 cm³/mol. The van der Waals surface area contributed by atoms with Crippen LogP contribution in [0.15, 0.2) is 53.3 Å². The van der Waals surface area contributed by atoms with Crippen LogP contribution in [0.4, 0.5) is 8.78 Å². The van der Waals surface area contributed by atoms with Crippen LogP contribution in [0, 0.1) is 18.6 Å². The molecule has 0 saturated carbocycles. The van der Waals surface area contributed by atoms with Crippen LogP contribution in [0.1, 0.15) is 34.0 Å². The van der Waals surface area contributed by atoms with Gasteiger partial charge in [-0.3, -0.25) is 9.59 Å². The maximum absolute atomic E-state index is 15.3. The summed E-state index contributed by atoms with van der Waals surface area (Å²) in [5, 5.41) is 11.8. The maximum atomic E-state index is 15.3. The first-order valence-corrected chi connectivity index (χ1v) is 12.6. The zero-order valence-electron chi connectivity index (χ0n) is 17.1. The van der Waals surface area contributed by atoms with Crippen molar-refractivity contribution in [3.05, 3.63) is 87.2 Å². The summed E-state index contributed by atoms with van der Waals surface area (Å²) in [7, 11) is -2.40. The van der Waals surface area contributed by atoms with Gasteiger partial charge in [-0.1, -0.05) is 25.2 Å². The van der Waals surface area contributed by atoms with E-state index in [-0.39, 0.29) is 28.2 Å². The number of hydrogen-bond acceptors (Lipinski definition) is 3. The summed E-state index contributed by atoms with van der Waals surface area (Å²) in [5.74, 6) is -2.09. The van der Waals surface area contributed by atoms with Gasteiger partial charge in [0.25, 0.3) is 0 Å². The number of carbonyl (C=O) groups is 2. The molecule has 0 saturated heterocycles. The Kier molecular flexibility index (Phi) is 4.51. The third-order valence-corrected chi connectivity index (χ3v) is 9.48. The molecule has 0 radical (unpaired) electrons. The number of rotatable bonds is 2. The van der Waals surface area contributed by atoms with Crippen molar-refractivity contribution in [3.8, 4) is 5.75 Å². The number of benzene rings is 2. The molecule has 30 heavy (non-hydrogen) atoms. The van der Waals surface area contributed by atoms with Crippen LogP contribution in [0.3, 0.4) is 0 Å². The van der Waals surface area contributed by atoms with E-state index in [2.05, 4.69) is 13.1 Å². The first-order chi connectivity index (χ1) is 14.0. The van der Waals surface area contributed by atoms with E-state index in [1.54, 1.807) is 24.3 Å². The second-order valence-corrected chi connectivity index (χ2v) is 12.5. The number of hydrogen-bond donors (Lipinski definition) is 1. The van der Waals surface area contributed by atoms with Crippen LogP contribution in [0.5, 0.6) is 5.75 Å². The summed E-state index contributed by atoms with van der Waals surface area (Å²) < 4.78 is 30.3. The van der Waals surface area contributed by atoms with Gasteiger partial charge in [-0.05, 0) is 76.9 Å². The number of phenols is 1. The minimum absolute atomic E-state index is 0.0350. The molecule has 152 valence electrons. The molecule has 0 spiro atoms. The van der Waals surface area contributed by atoms with E-state index in [0.29, 0.717) is 16.7 Å². The predicted octanol–water partition coefficient (Wildman–Crippen LogP) is 4.52. The molecule has 2 aromatic rings. The first-order valence-electron chi connectivity index (χ1n) is 9.56. The van der Waals surface area contributed by atoms with Crippen LogP contribution >= 0.6 is 0 Å². The summed E-state index contributed by atoms with van der Waals surface area (Å²) >= 11 is 0. The van der Waals surface area contributed by atoms with E-state index in [9.17, 15) is 19.1 Å². The number of carbonyl (C=O) groups excluding carboxylic acids is 2. The fraction of sp³-hybridized carbons (Fsp3) is 0.167. The van der Waals surface area contributed by atoms with Crippen molar-refractivity contribution in [2.24, 2.45) is 0 Å². The third kappa shape index (κ3) is 2.82. The van der Waals surface area contributed by atoms with Crippen LogP contribution in [-0.2, 0) is 4.79 Å². The molecule has 2 aromatic carbocycles. The highest BCUT2D eigenvalue weighted by atomic mass is 28.3. The highest BCUT2D eigenvalue weighted by Gasteiger charge is 2.41. The molecule has 0 atom stereocenters. The zero-order chi connectivity index (χ0) is 22.0. The zero-order valence-corrected chi connectivity index (χ0v) is 18.1. The quantitative estimate of drug-likeness (QED) is 0.572. The van der Waals surface area contributed by atoms with Gasteiger partial charge in [0.05, 0.1) is 5.56 Å². The summed E-state index contributed by atoms with van der Waals surface area (Å²) in [6.45, 7) is 6.76. The van der Waals surface area contributed by atoms with Crippen molar-refractivity contribution in [3.63, 3.8) is 0 Å². The normalized spacial score (nSPS) is 16.9. The lowest BCUT2D eigenvalue weighted by Crippen LogP contribution is -2.49. The fourth-order valence-corrected chi connectivity index (χ4v) is 7.47. The van der Waals surface area contributed by atoms with E-state index < -0.39 is 25.5 Å². The van der Waals surface area contributed by atoms with Crippen molar-refractivity contribution in [1.29, 1.82) is 0 Å². The molecule has 1 heterocycles. The monoisotopic (exact) mass is 422 g/mol. The number of fused-ring (bicyclic) bond motifs is 2. The fourth-order valence-electron chi connectivity index (χ4n) is 4.40. The van der Waals surface area contributed by atoms with Gasteiger partial charge >= 0.3 is 0 Å². The summed E-state index contributed by atoms with van der Waals surface area (Å²) in [5.41, 5.74) is 1.66. The van der Waals surface area contributed by atoms with Gasteiger partial charge < -0.3 is 5.11 Å². The standard InChI is InChI=1S/C24H20F2O3Si/c1-12-22(19(25)11-18(13(2)27)24(12)26)23-16-7-5-14(28)9-20(16)30(3,4)21-10-15(29)6-8-17(21)23/h5-11,28H,1-4H3. The van der Waals surface area contributed by atoms with Gasteiger partial charge in [-0.25, -0.2) is 8.78 Å². The lowest BCUT2D eigenvalue weighted by Gasteiger charge is -2.37. The Hall–Kier alpha value is -3.12. The topological polar surface area (TPSA) is 54.4 Å². The van der Waals surface area contributed by atoms with E-state index >= 15 is 4.39 Å². The Morgan fingerprint density at radius 3 is 2.47 bits per heavy atom. The molecule has 1 aliphatic heterocycles. The summed E-state index contributed by atoms with van der Waals surface area (Å²) in [4.78, 5) is 23.9. The third-order valence-electron chi connectivity index (χ3n) is 5.96. The number of halogens is 2. The maximum Gasteiger partial charge on any atom is 0.178 e. The van der Waals surface area contributed by atoms with E-state index in [4.69, 9.17) is 0 Å². The SMILES string of the molecule is CC(=O)c1cc(F)c(C2=C3C=CC(=O)C=C3[Si](C)(C)c3cc(O)ccc32)c(C)c1F. The van der Waals surface area contributed by atoms with Gasteiger partial charge in [0.1, 0.15) is 25.5 Å². The Bertz CT molecular complexity index is 1250. The van der Waals surface area contributed by atoms with Crippen LogP contribution in [-0.4, -0.2) is 24.7 Å². The van der Waals surface area contributed by atoms with Crippen molar-refractivity contribution in [2.45, 2.75) is 26.9 Å². The molecule has 0 fully saturated rings. The minimum atomic E-state index is -2.40. The minimum Gasteiger partial charge on any atom is -0.508 e. The molecule has 0 unspecified atom stereocenters. The average Bonchev–Trinajstić information content (AvgIpc) is 2.67. The van der Waals surface area contributed by atoms with Crippen molar-refractivity contribution in [2.75, 3.05) is 0 Å². The average molecular weight is 423 g/mol. The van der Waals surface area contributed by atoms with Gasteiger partial charge in [0, 0.05) is 5.56 Å². The Morgan fingerprint density at radius 2 is 1.80 bits per heavy atom. The van der Waals surface area contributed by atoms with E-state index in [0.717, 1.165) is 16.4 Å². The van der Waals surface area contributed by atoms with E-state index in [1.165, 1.54) is 26.0 Å². The molecule has 1 aliphatic carbocycles. The lowest BCUT2D eigenvalue weighted by atomic mass is 9.86. The van der Waals surface area contributed by atoms with Gasteiger partial charge in [-0.2, -0.15) is 0 Å². The number of allylic oxidation sites excluding steroid dienone is 5. The van der Waals surface area contributed by atoms with Gasteiger partial charge in [0.2, 0.25) is 0 Å². The molecule has 0 amide bonds. The molecule has 2 aliphatic rings. The number of Topliss-reactive ketones (excluding diaryl/α,β-unsaturated/α-hetero) is 1. The van der Waals surface area contributed by atoms with Gasteiger partial charge in [-0.15, -0.1) is 0 Å². The lowest BCUT2D eigenvalue weighted by molar-refractivity contribution is -0.110. The van der Waals surface area contributed by atoms with Crippen molar-refractivity contribution < 1.29 is 23.5 Å². The van der Waals surface area contributed by atoms with Crippen molar-refractivity contribution in [1.82, 2.24) is 0 Å². The number of aromatic hydroxyl groups is 1. The van der Waals surface area contributed by atoms with Crippen LogP contribution in [0.2, 0.25) is 13.1 Å². The summed E-state index contributed by atoms with van der Waals surface area (Å²) in [6.07, 6.45) is 4.64. The molecular formula is C24H20F2O3Si. The molecule has 1 N–H and O–H groups in total. The molecular weight excluding hydrogens is 402 g/mol. The Balaban J connectivity index is 2.16. The smallest absolute Gasteiger partial charge is 0.178 e. The molecule has 0 aromatic heterocycles. The van der Waals surface area contributed by atoms with Crippen LogP contribution < -0.4 is 5.19 Å². The Morgan fingerprint density at radius 1 is 1.10 bits per heavy atom. The number of ketones is 2. The Labute approximate surface area is 174 Å². The second kappa shape index (κ2) is 6.70. The largest absolute Gasteiger partial charge is 0.508 e. The molecule has 4 rings (SSSR count).